The van der Waals surface area contributed by atoms with Crippen molar-refractivity contribution >= 4 is 5.83 Å². The lowest BCUT2D eigenvalue weighted by Crippen LogP contribution is -2.11. The zero-order chi connectivity index (χ0) is 25.0. The lowest BCUT2D eigenvalue weighted by atomic mass is 10.0. The van der Waals surface area contributed by atoms with Crippen LogP contribution >= 0.6 is 0 Å². The minimum absolute atomic E-state index is 0.0562. The van der Waals surface area contributed by atoms with E-state index in [4.69, 9.17) is 0 Å². The molecule has 2 nitrogen and oxygen atoms in total. The maximum absolute atomic E-state index is 14.6. The van der Waals surface area contributed by atoms with E-state index in [-0.39, 0.29) is 34.5 Å². The molecule has 0 aliphatic carbocycles. The molecule has 0 N–H and O–H groups in total. The third-order valence-corrected chi connectivity index (χ3v) is 5.01. The molecule has 1 heterocycles. The van der Waals surface area contributed by atoms with Gasteiger partial charge in [-0.2, -0.15) is 13.2 Å². The second kappa shape index (κ2) is 10.3. The summed E-state index contributed by atoms with van der Waals surface area (Å²) in [6, 6.07) is 4.08. The van der Waals surface area contributed by atoms with Crippen molar-refractivity contribution in [2.24, 2.45) is 0 Å². The van der Waals surface area contributed by atoms with Gasteiger partial charge in [0, 0.05) is 41.1 Å². The Kier molecular flexibility index (Phi) is 7.68. The average molecular weight is 486 g/mol. The normalized spacial score (nSPS) is 12.6. The summed E-state index contributed by atoms with van der Waals surface area (Å²) < 4.78 is 109. The molecule has 0 aliphatic heterocycles. The minimum Gasteiger partial charge on any atom is -0.236 e. The van der Waals surface area contributed by atoms with Gasteiger partial charge in [-0.3, -0.25) is 0 Å². The first-order valence-electron chi connectivity index (χ1n) is 10.3. The maximum Gasteiger partial charge on any atom is 0.422 e. The monoisotopic (exact) mass is 486 g/mol. The summed E-state index contributed by atoms with van der Waals surface area (Å²) in [6.45, 7) is 1.92. The third-order valence-electron chi connectivity index (χ3n) is 5.01. The summed E-state index contributed by atoms with van der Waals surface area (Å²) in [4.78, 5) is 7.66. The molecule has 3 aromatic rings. The van der Waals surface area contributed by atoms with Crippen LogP contribution < -0.4 is 0 Å². The topological polar surface area (TPSA) is 25.8 Å². The molecule has 2 aromatic carbocycles. The summed E-state index contributed by atoms with van der Waals surface area (Å²) in [5.41, 5.74) is -2.61. The van der Waals surface area contributed by atoms with Gasteiger partial charge in [-0.05, 0) is 24.6 Å². The van der Waals surface area contributed by atoms with Gasteiger partial charge in [0.1, 0.15) is 28.8 Å². The highest BCUT2D eigenvalue weighted by Gasteiger charge is 2.38. The number of allylic oxidation sites excluding steroid dienone is 1. The molecule has 0 fully saturated rings. The van der Waals surface area contributed by atoms with Crippen molar-refractivity contribution in [2.75, 3.05) is 0 Å². The molecular weight excluding hydrogens is 468 g/mol. The first kappa shape index (κ1) is 25.3. The van der Waals surface area contributed by atoms with Crippen LogP contribution in [0.2, 0.25) is 0 Å². The van der Waals surface area contributed by atoms with Crippen LogP contribution in [0.4, 0.5) is 35.1 Å². The van der Waals surface area contributed by atoms with Crippen LogP contribution in [-0.2, 0) is 6.18 Å². The van der Waals surface area contributed by atoms with Crippen LogP contribution in [0.5, 0.6) is 0 Å². The smallest absolute Gasteiger partial charge is 0.236 e. The Morgan fingerprint density at radius 1 is 0.824 bits per heavy atom. The zero-order valence-corrected chi connectivity index (χ0v) is 17.8. The van der Waals surface area contributed by atoms with Gasteiger partial charge in [-0.15, -0.1) is 0 Å². The number of nitrogens with zero attached hydrogens (tertiary/aromatic N) is 2. The van der Waals surface area contributed by atoms with Gasteiger partial charge < -0.3 is 0 Å². The Balaban J connectivity index is 1.86. The molecule has 3 rings (SSSR count). The number of unbranched alkanes of at least 4 members (excludes halogenated alkanes) is 2. The van der Waals surface area contributed by atoms with E-state index in [0.29, 0.717) is 18.6 Å². The molecule has 0 aliphatic rings. The molecule has 0 spiro atoms. The van der Waals surface area contributed by atoms with E-state index in [1.165, 1.54) is 12.1 Å². The number of rotatable bonds is 7. The Hall–Kier alpha value is -3.30. The standard InChI is InChI=1S/C24H18F8N2/c1-2-3-4-5-17(25)22(29)13-6-7-16(18(26)8-13)15-11-33-23(34-12-15)14-9-19(27)21(20(28)10-14)24(30,31)32/h6-12H,2-5H2,1H3. The second-order valence-corrected chi connectivity index (χ2v) is 7.48. The highest BCUT2D eigenvalue weighted by Crippen LogP contribution is 2.35. The molecule has 0 unspecified atom stereocenters. The van der Waals surface area contributed by atoms with Crippen LogP contribution in [0, 0.1) is 17.5 Å². The predicted molar refractivity (Wildman–Crippen MR) is 111 cm³/mol. The lowest BCUT2D eigenvalue weighted by molar-refractivity contribution is -0.142. The van der Waals surface area contributed by atoms with E-state index < -0.39 is 40.8 Å². The van der Waals surface area contributed by atoms with Crippen LogP contribution in [0.3, 0.4) is 0 Å². The Labute approximate surface area is 190 Å². The number of hydrogen-bond acceptors (Lipinski definition) is 2. The Morgan fingerprint density at radius 2 is 1.44 bits per heavy atom. The summed E-state index contributed by atoms with van der Waals surface area (Å²) in [6.07, 6.45) is -1.10. The first-order valence-corrected chi connectivity index (χ1v) is 10.3. The van der Waals surface area contributed by atoms with Gasteiger partial charge in [-0.1, -0.05) is 31.9 Å². The number of aromatic nitrogens is 2. The first-order chi connectivity index (χ1) is 16.0. The molecule has 34 heavy (non-hydrogen) atoms. The molecule has 10 heteroatoms. The maximum atomic E-state index is 14.6. The van der Waals surface area contributed by atoms with Crippen molar-refractivity contribution in [2.45, 2.75) is 38.8 Å². The van der Waals surface area contributed by atoms with E-state index in [0.717, 1.165) is 31.3 Å². The number of hydrogen-bond donors (Lipinski definition) is 0. The molecular formula is C24H18F8N2. The van der Waals surface area contributed by atoms with Crippen molar-refractivity contribution in [3.63, 3.8) is 0 Å². The molecule has 1 aromatic heterocycles. The van der Waals surface area contributed by atoms with Crippen molar-refractivity contribution in [3.05, 3.63) is 77.1 Å². The largest absolute Gasteiger partial charge is 0.422 e. The van der Waals surface area contributed by atoms with Crippen LogP contribution in [0.15, 0.2) is 48.6 Å². The van der Waals surface area contributed by atoms with Gasteiger partial charge in [0.05, 0.1) is 0 Å². The zero-order valence-electron chi connectivity index (χ0n) is 17.8. The second-order valence-electron chi connectivity index (χ2n) is 7.48. The van der Waals surface area contributed by atoms with Crippen molar-refractivity contribution in [1.29, 1.82) is 0 Å². The van der Waals surface area contributed by atoms with Crippen LogP contribution in [-0.4, -0.2) is 9.97 Å². The quantitative estimate of drug-likeness (QED) is 0.247. The molecule has 0 amide bonds. The van der Waals surface area contributed by atoms with Crippen molar-refractivity contribution in [3.8, 4) is 22.5 Å². The lowest BCUT2D eigenvalue weighted by Gasteiger charge is -2.11. The minimum atomic E-state index is -5.21. The number of alkyl halides is 3. The molecule has 0 saturated carbocycles. The highest BCUT2D eigenvalue weighted by molar-refractivity contribution is 5.69. The van der Waals surface area contributed by atoms with E-state index in [1.807, 2.05) is 6.92 Å². The summed E-state index contributed by atoms with van der Waals surface area (Å²) >= 11 is 0. The summed E-state index contributed by atoms with van der Waals surface area (Å²) in [5, 5.41) is 0. The van der Waals surface area contributed by atoms with Gasteiger partial charge in [0.15, 0.2) is 11.7 Å². The third kappa shape index (κ3) is 5.60. The number of benzene rings is 2. The van der Waals surface area contributed by atoms with Crippen LogP contribution in [0.25, 0.3) is 28.3 Å². The van der Waals surface area contributed by atoms with E-state index >= 15 is 0 Å². The fourth-order valence-electron chi connectivity index (χ4n) is 3.27. The Bertz CT molecular complexity index is 1180. The van der Waals surface area contributed by atoms with E-state index in [2.05, 4.69) is 9.97 Å². The van der Waals surface area contributed by atoms with Gasteiger partial charge in [0.25, 0.3) is 0 Å². The van der Waals surface area contributed by atoms with Gasteiger partial charge in [-0.25, -0.2) is 31.9 Å². The van der Waals surface area contributed by atoms with Crippen LogP contribution in [0.1, 0.15) is 43.7 Å². The summed E-state index contributed by atoms with van der Waals surface area (Å²) in [7, 11) is 0. The van der Waals surface area contributed by atoms with Crippen molar-refractivity contribution < 1.29 is 35.1 Å². The van der Waals surface area contributed by atoms with Gasteiger partial charge in [0.2, 0.25) is 0 Å². The van der Waals surface area contributed by atoms with E-state index in [9.17, 15) is 35.1 Å². The summed E-state index contributed by atoms with van der Waals surface area (Å²) in [5.74, 6) is -6.96. The SMILES string of the molecule is CCCCCC(F)=C(F)c1ccc(-c2cnc(-c3cc(F)c(C(F)(F)F)c(F)c3)nc2)c(F)c1. The predicted octanol–water partition coefficient (Wildman–Crippen LogP) is 8.43. The molecule has 180 valence electrons. The Morgan fingerprint density at radius 3 is 1.97 bits per heavy atom. The van der Waals surface area contributed by atoms with E-state index in [1.54, 1.807) is 0 Å². The fourth-order valence-corrected chi connectivity index (χ4v) is 3.27. The highest BCUT2D eigenvalue weighted by atomic mass is 19.4. The van der Waals surface area contributed by atoms with Gasteiger partial charge >= 0.3 is 6.18 Å². The molecule has 0 radical (unpaired) electrons. The molecule has 0 saturated heterocycles. The molecule has 0 bridgehead atoms. The molecule has 0 atom stereocenters. The number of halogens is 8. The average Bonchev–Trinajstić information content (AvgIpc) is 2.77. The van der Waals surface area contributed by atoms with Crippen molar-refractivity contribution in [1.82, 2.24) is 9.97 Å². The fraction of sp³-hybridized carbons (Fsp3) is 0.250.